The highest BCUT2D eigenvalue weighted by atomic mass is 16.3. The monoisotopic (exact) mass is 328 g/mol. The molecular weight excluding hydrogens is 300 g/mol. The van der Waals surface area contributed by atoms with Gasteiger partial charge < -0.3 is 5.11 Å². The number of rotatable bonds is 0. The van der Waals surface area contributed by atoms with Crippen molar-refractivity contribution in [2.45, 2.75) is 65.4 Å². The van der Waals surface area contributed by atoms with E-state index in [0.29, 0.717) is 31.1 Å². The quantitative estimate of drug-likeness (QED) is 0.691. The SMILES string of the molecule is C/C=C1/C(=O)C[C@H]2[C@@H]3CCC4=CC(=O)CC[C@]4(C)[C@H]3[C@H](O)C[C@]12C. The molecule has 1 N–H and O–H groups in total. The van der Waals surface area contributed by atoms with Gasteiger partial charge in [-0.15, -0.1) is 0 Å². The van der Waals surface area contributed by atoms with Crippen LogP contribution >= 0.6 is 0 Å². The van der Waals surface area contributed by atoms with Gasteiger partial charge in [0, 0.05) is 18.3 Å². The van der Waals surface area contributed by atoms with Crippen molar-refractivity contribution in [2.75, 3.05) is 0 Å². The minimum Gasteiger partial charge on any atom is -0.393 e. The van der Waals surface area contributed by atoms with Gasteiger partial charge >= 0.3 is 0 Å². The van der Waals surface area contributed by atoms with Gasteiger partial charge in [0.05, 0.1) is 6.10 Å². The maximum atomic E-state index is 12.6. The third-order valence-corrected chi connectivity index (χ3v) is 7.90. The molecule has 0 spiro atoms. The van der Waals surface area contributed by atoms with Gasteiger partial charge in [-0.3, -0.25) is 9.59 Å². The number of carbonyl (C=O) groups is 2. The fraction of sp³-hybridized carbons (Fsp3) is 0.714. The highest BCUT2D eigenvalue weighted by Crippen LogP contribution is 2.65. The number of allylic oxidation sites excluding steroid dienone is 3. The fourth-order valence-electron chi connectivity index (χ4n) is 6.84. The van der Waals surface area contributed by atoms with Gasteiger partial charge in [-0.1, -0.05) is 25.5 Å². The van der Waals surface area contributed by atoms with Crippen molar-refractivity contribution >= 4 is 11.6 Å². The molecule has 3 fully saturated rings. The van der Waals surface area contributed by atoms with Gasteiger partial charge in [-0.25, -0.2) is 0 Å². The molecule has 0 unspecified atom stereocenters. The molecule has 24 heavy (non-hydrogen) atoms. The molecule has 0 aliphatic heterocycles. The van der Waals surface area contributed by atoms with Crippen molar-refractivity contribution in [3.63, 3.8) is 0 Å². The van der Waals surface area contributed by atoms with Crippen LogP contribution in [-0.4, -0.2) is 22.8 Å². The van der Waals surface area contributed by atoms with Gasteiger partial charge in [0.1, 0.15) is 0 Å². The lowest BCUT2D eigenvalue weighted by Gasteiger charge is -2.58. The van der Waals surface area contributed by atoms with Crippen LogP contribution in [0.3, 0.4) is 0 Å². The molecule has 0 amide bonds. The van der Waals surface area contributed by atoms with E-state index in [0.717, 1.165) is 24.8 Å². The molecule has 0 aromatic carbocycles. The van der Waals surface area contributed by atoms with Crippen LogP contribution in [-0.2, 0) is 9.59 Å². The molecule has 0 heterocycles. The summed E-state index contributed by atoms with van der Waals surface area (Å²) in [6.45, 7) is 6.39. The highest BCUT2D eigenvalue weighted by Gasteiger charge is 2.62. The van der Waals surface area contributed by atoms with E-state index >= 15 is 0 Å². The topological polar surface area (TPSA) is 54.4 Å². The van der Waals surface area contributed by atoms with Gasteiger partial charge in [0.25, 0.3) is 0 Å². The second-order valence-corrected chi connectivity index (χ2v) is 8.91. The lowest BCUT2D eigenvalue weighted by atomic mass is 9.46. The fourth-order valence-corrected chi connectivity index (χ4v) is 6.84. The van der Waals surface area contributed by atoms with Crippen LogP contribution in [0, 0.1) is 28.6 Å². The summed E-state index contributed by atoms with van der Waals surface area (Å²) >= 11 is 0. The van der Waals surface area contributed by atoms with Crippen LogP contribution in [0.5, 0.6) is 0 Å². The first-order chi connectivity index (χ1) is 11.3. The van der Waals surface area contributed by atoms with E-state index in [4.69, 9.17) is 0 Å². The number of aliphatic hydroxyl groups is 1. The summed E-state index contributed by atoms with van der Waals surface area (Å²) in [5, 5.41) is 11.1. The zero-order chi connectivity index (χ0) is 17.3. The van der Waals surface area contributed by atoms with E-state index in [1.807, 2.05) is 19.1 Å². The minimum absolute atomic E-state index is 0.0701. The Bertz CT molecular complexity index is 673. The maximum absolute atomic E-state index is 12.6. The largest absolute Gasteiger partial charge is 0.393 e. The summed E-state index contributed by atoms with van der Waals surface area (Å²) in [6.07, 6.45) is 8.16. The number of Topliss-reactive ketones (excluding diaryl/α,β-unsaturated/α-hetero) is 1. The van der Waals surface area contributed by atoms with Crippen LogP contribution in [0.25, 0.3) is 0 Å². The Hall–Kier alpha value is -1.22. The number of ketones is 2. The van der Waals surface area contributed by atoms with E-state index < -0.39 is 0 Å². The van der Waals surface area contributed by atoms with Gasteiger partial charge in [-0.2, -0.15) is 0 Å². The third-order valence-electron chi connectivity index (χ3n) is 7.90. The van der Waals surface area contributed by atoms with Crippen molar-refractivity contribution < 1.29 is 14.7 Å². The van der Waals surface area contributed by atoms with Crippen molar-refractivity contribution in [1.82, 2.24) is 0 Å². The average molecular weight is 328 g/mol. The Morgan fingerprint density at radius 2 is 1.96 bits per heavy atom. The minimum atomic E-state index is -0.390. The summed E-state index contributed by atoms with van der Waals surface area (Å²) in [7, 11) is 0. The van der Waals surface area contributed by atoms with E-state index in [9.17, 15) is 14.7 Å². The van der Waals surface area contributed by atoms with E-state index in [1.165, 1.54) is 5.57 Å². The van der Waals surface area contributed by atoms with Crippen LogP contribution in [0.15, 0.2) is 23.3 Å². The maximum Gasteiger partial charge on any atom is 0.159 e. The Morgan fingerprint density at radius 1 is 1.21 bits per heavy atom. The second-order valence-electron chi connectivity index (χ2n) is 8.91. The summed E-state index contributed by atoms with van der Waals surface area (Å²) in [6, 6.07) is 0. The second kappa shape index (κ2) is 5.14. The lowest BCUT2D eigenvalue weighted by molar-refractivity contribution is -0.124. The summed E-state index contributed by atoms with van der Waals surface area (Å²) in [5.74, 6) is 1.44. The van der Waals surface area contributed by atoms with E-state index in [-0.39, 0.29) is 34.4 Å². The Kier molecular flexibility index (Phi) is 3.48. The zero-order valence-corrected chi connectivity index (χ0v) is 15.0. The number of fused-ring (bicyclic) bond motifs is 5. The smallest absolute Gasteiger partial charge is 0.159 e. The van der Waals surface area contributed by atoms with E-state index in [1.54, 1.807) is 0 Å². The predicted molar refractivity (Wildman–Crippen MR) is 92.2 cm³/mol. The molecule has 0 aromatic rings. The zero-order valence-electron chi connectivity index (χ0n) is 15.0. The summed E-state index contributed by atoms with van der Waals surface area (Å²) in [5.41, 5.74) is 1.95. The van der Waals surface area contributed by atoms with Crippen molar-refractivity contribution in [1.29, 1.82) is 0 Å². The van der Waals surface area contributed by atoms with Gasteiger partial charge in [0.2, 0.25) is 0 Å². The van der Waals surface area contributed by atoms with Crippen LogP contribution in [0.4, 0.5) is 0 Å². The molecular formula is C21H28O3. The standard InChI is InChI=1S/C21H28O3/c1-4-15-17(23)10-16-14-6-5-12-9-13(22)7-8-20(12,2)19(14)18(24)11-21(15,16)3/h4,9,14,16,18-19,24H,5-8,10-11H2,1-3H3/b15-4-/t14-,16-,18+,19+,20-,21+/m0/s1. The van der Waals surface area contributed by atoms with Crippen LogP contribution in [0.2, 0.25) is 0 Å². The number of aliphatic hydroxyl groups excluding tert-OH is 1. The van der Waals surface area contributed by atoms with Crippen LogP contribution < -0.4 is 0 Å². The first kappa shape index (κ1) is 16.3. The Balaban J connectivity index is 1.77. The molecule has 4 aliphatic rings. The Labute approximate surface area is 144 Å². The molecule has 3 saturated carbocycles. The van der Waals surface area contributed by atoms with Crippen molar-refractivity contribution in [3.8, 4) is 0 Å². The number of hydrogen-bond acceptors (Lipinski definition) is 3. The molecule has 0 saturated heterocycles. The molecule has 4 aliphatic carbocycles. The predicted octanol–water partition coefficient (Wildman–Crippen LogP) is 3.61. The molecule has 0 radical (unpaired) electrons. The molecule has 0 bridgehead atoms. The number of hydrogen-bond donors (Lipinski definition) is 1. The highest BCUT2D eigenvalue weighted by molar-refractivity contribution is 5.99. The van der Waals surface area contributed by atoms with Crippen molar-refractivity contribution in [3.05, 3.63) is 23.3 Å². The Morgan fingerprint density at radius 3 is 2.67 bits per heavy atom. The summed E-state index contributed by atoms with van der Waals surface area (Å²) < 4.78 is 0. The molecule has 6 atom stereocenters. The van der Waals surface area contributed by atoms with Crippen LogP contribution in [0.1, 0.15) is 59.3 Å². The normalized spacial score (nSPS) is 49.5. The third kappa shape index (κ3) is 1.94. The first-order valence-corrected chi connectivity index (χ1v) is 9.43. The number of carbonyl (C=O) groups excluding carboxylic acids is 2. The van der Waals surface area contributed by atoms with Gasteiger partial charge in [0.15, 0.2) is 11.6 Å². The lowest BCUT2D eigenvalue weighted by Crippen LogP contribution is -2.55. The van der Waals surface area contributed by atoms with Gasteiger partial charge in [-0.05, 0) is 67.4 Å². The molecule has 0 aromatic heterocycles. The molecule has 3 heteroatoms. The molecule has 130 valence electrons. The first-order valence-electron chi connectivity index (χ1n) is 9.43. The van der Waals surface area contributed by atoms with E-state index in [2.05, 4.69) is 13.8 Å². The average Bonchev–Trinajstić information content (AvgIpc) is 2.77. The molecule has 3 nitrogen and oxygen atoms in total. The molecule has 4 rings (SSSR count). The summed E-state index contributed by atoms with van der Waals surface area (Å²) in [4.78, 5) is 24.4. The van der Waals surface area contributed by atoms with Crippen molar-refractivity contribution in [2.24, 2.45) is 28.6 Å².